The standard InChI is InChI=1S/C21H19N3O2S/c1-14-5-10-18-22-20(15-6-8-16(26-2)9-7-15)21(24(18)13-14)23-19(25)12-17-4-3-11-27-17/h3-11,13H,12H2,1-2H3,(H,23,25). The van der Waals surface area contributed by atoms with E-state index in [0.717, 1.165) is 33.1 Å². The van der Waals surface area contributed by atoms with E-state index in [0.29, 0.717) is 12.2 Å². The molecule has 0 saturated carbocycles. The number of carbonyl (C=O) groups excluding carboxylic acids is 1. The summed E-state index contributed by atoms with van der Waals surface area (Å²) in [6, 6.07) is 15.6. The molecule has 0 saturated heterocycles. The number of amides is 1. The van der Waals surface area contributed by atoms with Crippen molar-refractivity contribution in [1.29, 1.82) is 0 Å². The quantitative estimate of drug-likeness (QED) is 0.555. The number of ether oxygens (including phenoxy) is 1. The smallest absolute Gasteiger partial charge is 0.230 e. The number of thiophene rings is 1. The number of pyridine rings is 1. The molecule has 0 fully saturated rings. The Morgan fingerprint density at radius 1 is 1.19 bits per heavy atom. The molecule has 4 rings (SSSR count). The van der Waals surface area contributed by atoms with Gasteiger partial charge in [-0.1, -0.05) is 12.1 Å². The summed E-state index contributed by atoms with van der Waals surface area (Å²) in [5.41, 5.74) is 3.54. The third-order valence-electron chi connectivity index (χ3n) is 4.30. The molecule has 5 nitrogen and oxygen atoms in total. The van der Waals surface area contributed by atoms with Gasteiger partial charge in [-0.05, 0) is 54.3 Å². The zero-order valence-electron chi connectivity index (χ0n) is 15.1. The monoisotopic (exact) mass is 377 g/mol. The zero-order valence-corrected chi connectivity index (χ0v) is 15.9. The lowest BCUT2D eigenvalue weighted by molar-refractivity contribution is -0.115. The summed E-state index contributed by atoms with van der Waals surface area (Å²) in [4.78, 5) is 18.4. The summed E-state index contributed by atoms with van der Waals surface area (Å²) in [5, 5.41) is 5.04. The molecule has 0 spiro atoms. The van der Waals surface area contributed by atoms with Crippen LogP contribution in [0.1, 0.15) is 10.4 Å². The lowest BCUT2D eigenvalue weighted by Crippen LogP contribution is -2.15. The van der Waals surface area contributed by atoms with Gasteiger partial charge in [-0.2, -0.15) is 0 Å². The predicted molar refractivity (Wildman–Crippen MR) is 109 cm³/mol. The van der Waals surface area contributed by atoms with Crippen LogP contribution in [0.3, 0.4) is 0 Å². The van der Waals surface area contributed by atoms with E-state index in [1.807, 2.05) is 71.4 Å². The fraction of sp³-hybridized carbons (Fsp3) is 0.143. The van der Waals surface area contributed by atoms with Crippen molar-refractivity contribution in [2.75, 3.05) is 12.4 Å². The molecule has 0 atom stereocenters. The molecular formula is C21H19N3O2S. The molecule has 27 heavy (non-hydrogen) atoms. The Labute approximate surface area is 161 Å². The van der Waals surface area contributed by atoms with Crippen molar-refractivity contribution in [1.82, 2.24) is 9.38 Å². The summed E-state index contributed by atoms with van der Waals surface area (Å²) in [5.74, 6) is 1.40. The molecule has 0 radical (unpaired) electrons. The van der Waals surface area contributed by atoms with Crippen molar-refractivity contribution in [3.8, 4) is 17.0 Å². The Morgan fingerprint density at radius 2 is 2.00 bits per heavy atom. The van der Waals surface area contributed by atoms with Crippen LogP contribution in [0, 0.1) is 6.92 Å². The van der Waals surface area contributed by atoms with Crippen LogP contribution < -0.4 is 10.1 Å². The van der Waals surface area contributed by atoms with Gasteiger partial charge >= 0.3 is 0 Å². The first kappa shape index (κ1) is 17.3. The number of hydrogen-bond donors (Lipinski definition) is 1. The molecule has 0 aliphatic carbocycles. The topological polar surface area (TPSA) is 55.6 Å². The van der Waals surface area contributed by atoms with Gasteiger partial charge < -0.3 is 10.1 Å². The normalized spacial score (nSPS) is 10.9. The number of anilines is 1. The minimum Gasteiger partial charge on any atom is -0.497 e. The second-order valence-corrected chi connectivity index (χ2v) is 7.31. The van der Waals surface area contributed by atoms with Crippen LogP contribution in [0.25, 0.3) is 16.9 Å². The van der Waals surface area contributed by atoms with Gasteiger partial charge in [-0.15, -0.1) is 11.3 Å². The van der Waals surface area contributed by atoms with Gasteiger partial charge in [0.2, 0.25) is 5.91 Å². The van der Waals surface area contributed by atoms with Crippen LogP contribution in [0.15, 0.2) is 60.1 Å². The molecule has 0 bridgehead atoms. The summed E-state index contributed by atoms with van der Waals surface area (Å²) < 4.78 is 7.17. The Morgan fingerprint density at radius 3 is 2.70 bits per heavy atom. The molecule has 1 amide bonds. The second-order valence-electron chi connectivity index (χ2n) is 6.28. The Hall–Kier alpha value is -3.12. The van der Waals surface area contributed by atoms with Crippen LogP contribution in [0.4, 0.5) is 5.82 Å². The average molecular weight is 377 g/mol. The van der Waals surface area contributed by atoms with Crippen LogP contribution in [0.2, 0.25) is 0 Å². The first-order chi connectivity index (χ1) is 13.1. The highest BCUT2D eigenvalue weighted by molar-refractivity contribution is 7.10. The van der Waals surface area contributed by atoms with Gasteiger partial charge in [0.05, 0.1) is 13.5 Å². The van der Waals surface area contributed by atoms with Gasteiger partial charge in [0.1, 0.15) is 22.9 Å². The summed E-state index contributed by atoms with van der Waals surface area (Å²) in [6.07, 6.45) is 2.33. The van der Waals surface area contributed by atoms with Crippen molar-refractivity contribution in [3.05, 3.63) is 70.5 Å². The van der Waals surface area contributed by atoms with Crippen molar-refractivity contribution in [2.24, 2.45) is 0 Å². The van der Waals surface area contributed by atoms with Crippen LogP contribution in [0.5, 0.6) is 5.75 Å². The van der Waals surface area contributed by atoms with Crippen molar-refractivity contribution in [3.63, 3.8) is 0 Å². The Balaban J connectivity index is 1.75. The largest absolute Gasteiger partial charge is 0.497 e. The van der Waals surface area contributed by atoms with Gasteiger partial charge in [-0.3, -0.25) is 9.20 Å². The van der Waals surface area contributed by atoms with E-state index >= 15 is 0 Å². The average Bonchev–Trinajstić information content (AvgIpc) is 3.30. The van der Waals surface area contributed by atoms with Crippen LogP contribution in [-0.2, 0) is 11.2 Å². The number of aromatic nitrogens is 2. The first-order valence-corrected chi connectivity index (χ1v) is 9.47. The number of aryl methyl sites for hydroxylation is 1. The number of nitrogens with one attached hydrogen (secondary N) is 1. The van der Waals surface area contributed by atoms with Gasteiger partial charge in [0.25, 0.3) is 0 Å². The van der Waals surface area contributed by atoms with Crippen LogP contribution in [-0.4, -0.2) is 22.4 Å². The van der Waals surface area contributed by atoms with E-state index in [9.17, 15) is 4.79 Å². The molecule has 136 valence electrons. The summed E-state index contributed by atoms with van der Waals surface area (Å²) in [6.45, 7) is 2.02. The number of methoxy groups -OCH3 is 1. The van der Waals surface area contributed by atoms with Crippen molar-refractivity contribution in [2.45, 2.75) is 13.3 Å². The summed E-state index contributed by atoms with van der Waals surface area (Å²) in [7, 11) is 1.64. The fourth-order valence-electron chi connectivity index (χ4n) is 2.97. The third-order valence-corrected chi connectivity index (χ3v) is 5.18. The van der Waals surface area contributed by atoms with E-state index in [4.69, 9.17) is 9.72 Å². The van der Waals surface area contributed by atoms with E-state index in [1.54, 1.807) is 18.4 Å². The van der Waals surface area contributed by atoms with Crippen molar-refractivity contribution < 1.29 is 9.53 Å². The number of imidazole rings is 1. The third kappa shape index (κ3) is 3.57. The maximum absolute atomic E-state index is 12.6. The summed E-state index contributed by atoms with van der Waals surface area (Å²) >= 11 is 1.58. The van der Waals surface area contributed by atoms with Gasteiger partial charge in [0.15, 0.2) is 0 Å². The van der Waals surface area contributed by atoms with Crippen molar-refractivity contribution >= 4 is 28.7 Å². The zero-order chi connectivity index (χ0) is 18.8. The maximum atomic E-state index is 12.6. The molecule has 0 aliphatic heterocycles. The molecule has 1 N–H and O–H groups in total. The van der Waals surface area contributed by atoms with E-state index in [1.165, 1.54) is 0 Å². The molecule has 3 aromatic heterocycles. The molecule has 3 heterocycles. The number of fused-ring (bicyclic) bond motifs is 1. The van der Waals surface area contributed by atoms with Gasteiger partial charge in [0, 0.05) is 16.6 Å². The Kier molecular flexibility index (Phi) is 4.64. The number of hydrogen-bond acceptors (Lipinski definition) is 4. The van der Waals surface area contributed by atoms with Crippen LogP contribution >= 0.6 is 11.3 Å². The SMILES string of the molecule is COc1ccc(-c2nc3ccc(C)cn3c2NC(=O)Cc2cccs2)cc1. The molecular weight excluding hydrogens is 358 g/mol. The molecule has 6 heteroatoms. The lowest BCUT2D eigenvalue weighted by atomic mass is 10.1. The lowest BCUT2D eigenvalue weighted by Gasteiger charge is -2.08. The van der Waals surface area contributed by atoms with E-state index in [2.05, 4.69) is 5.32 Å². The minimum atomic E-state index is -0.0597. The van der Waals surface area contributed by atoms with Gasteiger partial charge in [-0.25, -0.2) is 4.98 Å². The predicted octanol–water partition coefficient (Wildman–Crippen LogP) is 4.56. The highest BCUT2D eigenvalue weighted by Crippen LogP contribution is 2.30. The number of nitrogens with zero attached hydrogens (tertiary/aromatic N) is 2. The molecule has 0 unspecified atom stereocenters. The molecule has 0 aliphatic rings. The van der Waals surface area contributed by atoms with E-state index < -0.39 is 0 Å². The maximum Gasteiger partial charge on any atom is 0.230 e. The molecule has 4 aromatic rings. The highest BCUT2D eigenvalue weighted by atomic mass is 32.1. The molecule has 1 aromatic carbocycles. The second kappa shape index (κ2) is 7.25. The number of carbonyl (C=O) groups is 1. The highest BCUT2D eigenvalue weighted by Gasteiger charge is 2.17. The van der Waals surface area contributed by atoms with E-state index in [-0.39, 0.29) is 5.91 Å². The number of rotatable bonds is 5. The first-order valence-electron chi connectivity index (χ1n) is 8.59. The number of benzene rings is 1. The fourth-order valence-corrected chi connectivity index (χ4v) is 3.67. The Bertz CT molecular complexity index is 1080. The minimum absolute atomic E-state index is 0.0597.